The summed E-state index contributed by atoms with van der Waals surface area (Å²) in [5.41, 5.74) is 7.29. The molecule has 3 rings (SSSR count). The van der Waals surface area contributed by atoms with Crippen molar-refractivity contribution in [1.29, 1.82) is 0 Å². The number of nitrogens with two attached hydrogens (primary N) is 1. The van der Waals surface area contributed by atoms with Crippen LogP contribution in [-0.4, -0.2) is 30.5 Å². The molecule has 1 aromatic carbocycles. The normalized spacial score (nSPS) is 16.6. The Morgan fingerprint density at radius 1 is 1.17 bits per heavy atom. The minimum atomic E-state index is -0.576. The molecule has 1 heterocycles. The SMILES string of the molecule is COc1c(C(N)=O)cccc1C(C)C(=O)NCC1(c2ccccn2)CCCCC1. The monoisotopic (exact) mass is 395 g/mol. The second-order valence-electron chi connectivity index (χ2n) is 7.79. The van der Waals surface area contributed by atoms with Crippen molar-refractivity contribution in [1.82, 2.24) is 10.3 Å². The zero-order valence-electron chi connectivity index (χ0n) is 17.1. The van der Waals surface area contributed by atoms with E-state index in [9.17, 15) is 9.59 Å². The van der Waals surface area contributed by atoms with Crippen LogP contribution >= 0.6 is 0 Å². The molecular formula is C23H29N3O3. The quantitative estimate of drug-likeness (QED) is 0.752. The second-order valence-corrected chi connectivity index (χ2v) is 7.79. The van der Waals surface area contributed by atoms with Crippen molar-refractivity contribution < 1.29 is 14.3 Å². The van der Waals surface area contributed by atoms with Crippen molar-refractivity contribution in [2.75, 3.05) is 13.7 Å². The lowest BCUT2D eigenvalue weighted by molar-refractivity contribution is -0.122. The molecule has 1 fully saturated rings. The summed E-state index contributed by atoms with van der Waals surface area (Å²) >= 11 is 0. The third kappa shape index (κ3) is 4.42. The lowest BCUT2D eigenvalue weighted by atomic mass is 9.71. The minimum absolute atomic E-state index is 0.106. The van der Waals surface area contributed by atoms with Crippen LogP contribution in [0.2, 0.25) is 0 Å². The molecule has 6 heteroatoms. The summed E-state index contributed by atoms with van der Waals surface area (Å²) in [7, 11) is 1.48. The lowest BCUT2D eigenvalue weighted by Crippen LogP contribution is -2.43. The van der Waals surface area contributed by atoms with Crippen LogP contribution in [0.25, 0.3) is 0 Å². The van der Waals surface area contributed by atoms with Crippen LogP contribution in [0.1, 0.15) is 66.6 Å². The highest BCUT2D eigenvalue weighted by atomic mass is 16.5. The Morgan fingerprint density at radius 3 is 2.55 bits per heavy atom. The van der Waals surface area contributed by atoms with Gasteiger partial charge in [-0.25, -0.2) is 0 Å². The lowest BCUT2D eigenvalue weighted by Gasteiger charge is -2.37. The first-order chi connectivity index (χ1) is 14.0. The number of ether oxygens (including phenoxy) is 1. The number of carbonyl (C=O) groups is 2. The van der Waals surface area contributed by atoms with Crippen molar-refractivity contribution in [2.24, 2.45) is 5.73 Å². The fourth-order valence-corrected chi connectivity index (χ4v) is 4.30. The zero-order chi connectivity index (χ0) is 20.9. The third-order valence-electron chi connectivity index (χ3n) is 5.99. The summed E-state index contributed by atoms with van der Waals surface area (Å²) in [5, 5.41) is 3.14. The van der Waals surface area contributed by atoms with Crippen molar-refractivity contribution in [3.63, 3.8) is 0 Å². The van der Waals surface area contributed by atoms with E-state index in [1.807, 2.05) is 25.3 Å². The number of methoxy groups -OCH3 is 1. The molecule has 29 heavy (non-hydrogen) atoms. The van der Waals surface area contributed by atoms with Crippen LogP contribution in [0.3, 0.4) is 0 Å². The predicted molar refractivity (Wildman–Crippen MR) is 112 cm³/mol. The molecule has 0 aliphatic heterocycles. The van der Waals surface area contributed by atoms with Crippen LogP contribution in [0.15, 0.2) is 42.6 Å². The number of nitrogens with zero attached hydrogens (tertiary/aromatic N) is 1. The van der Waals surface area contributed by atoms with Gasteiger partial charge in [0.15, 0.2) is 0 Å². The highest BCUT2D eigenvalue weighted by Crippen LogP contribution is 2.38. The molecule has 154 valence electrons. The molecule has 0 spiro atoms. The van der Waals surface area contributed by atoms with E-state index >= 15 is 0 Å². The predicted octanol–water partition coefficient (Wildman–Crippen LogP) is 3.31. The van der Waals surface area contributed by atoms with E-state index in [2.05, 4.69) is 16.4 Å². The summed E-state index contributed by atoms with van der Waals surface area (Å²) in [6, 6.07) is 11.1. The zero-order valence-corrected chi connectivity index (χ0v) is 17.1. The van der Waals surface area contributed by atoms with E-state index in [-0.39, 0.29) is 16.9 Å². The molecule has 1 atom stereocenters. The van der Waals surface area contributed by atoms with E-state index < -0.39 is 11.8 Å². The number of primary amides is 1. The Labute approximate surface area is 171 Å². The number of carbonyl (C=O) groups excluding carboxylic acids is 2. The fourth-order valence-electron chi connectivity index (χ4n) is 4.30. The van der Waals surface area contributed by atoms with E-state index in [4.69, 9.17) is 10.5 Å². The first kappa shape index (κ1) is 20.8. The third-order valence-corrected chi connectivity index (χ3v) is 5.99. The average Bonchev–Trinajstić information content (AvgIpc) is 2.77. The molecule has 0 radical (unpaired) electrons. The largest absolute Gasteiger partial charge is 0.496 e. The molecule has 1 aromatic heterocycles. The average molecular weight is 396 g/mol. The van der Waals surface area contributed by atoms with Gasteiger partial charge >= 0.3 is 0 Å². The van der Waals surface area contributed by atoms with Crippen molar-refractivity contribution in [3.05, 3.63) is 59.4 Å². The molecule has 0 saturated heterocycles. The molecule has 0 bridgehead atoms. The highest BCUT2D eigenvalue weighted by molar-refractivity contribution is 5.97. The molecular weight excluding hydrogens is 366 g/mol. The smallest absolute Gasteiger partial charge is 0.252 e. The van der Waals surface area contributed by atoms with Gasteiger partial charge in [0, 0.05) is 29.4 Å². The first-order valence-corrected chi connectivity index (χ1v) is 10.1. The maximum absolute atomic E-state index is 13.0. The van der Waals surface area contributed by atoms with E-state index in [1.165, 1.54) is 13.5 Å². The molecule has 1 saturated carbocycles. The van der Waals surface area contributed by atoms with Crippen LogP contribution < -0.4 is 15.8 Å². The number of benzene rings is 1. The highest BCUT2D eigenvalue weighted by Gasteiger charge is 2.36. The van der Waals surface area contributed by atoms with Gasteiger partial charge in [-0.05, 0) is 38.0 Å². The van der Waals surface area contributed by atoms with Crippen molar-refractivity contribution in [3.8, 4) is 5.75 Å². The van der Waals surface area contributed by atoms with Crippen LogP contribution in [-0.2, 0) is 10.2 Å². The summed E-state index contributed by atoms with van der Waals surface area (Å²) in [4.78, 5) is 29.3. The minimum Gasteiger partial charge on any atom is -0.496 e. The van der Waals surface area contributed by atoms with Crippen molar-refractivity contribution in [2.45, 2.75) is 50.4 Å². The van der Waals surface area contributed by atoms with Gasteiger partial charge in [0.25, 0.3) is 5.91 Å². The number of hydrogen-bond donors (Lipinski definition) is 2. The number of aromatic nitrogens is 1. The molecule has 6 nitrogen and oxygen atoms in total. The summed E-state index contributed by atoms with van der Waals surface area (Å²) in [5.74, 6) is -0.799. The molecule has 3 N–H and O–H groups in total. The number of hydrogen-bond acceptors (Lipinski definition) is 4. The number of rotatable bonds is 7. The van der Waals surface area contributed by atoms with Crippen LogP contribution in [0, 0.1) is 0 Å². The van der Waals surface area contributed by atoms with Gasteiger partial charge in [0.05, 0.1) is 18.6 Å². The van der Waals surface area contributed by atoms with Crippen LogP contribution in [0.4, 0.5) is 0 Å². The number of nitrogens with one attached hydrogen (secondary N) is 1. The Kier molecular flexibility index (Phi) is 6.52. The van der Waals surface area contributed by atoms with Gasteiger partial charge in [0.2, 0.25) is 5.91 Å². The van der Waals surface area contributed by atoms with E-state index in [0.29, 0.717) is 17.9 Å². The topological polar surface area (TPSA) is 94.3 Å². The maximum Gasteiger partial charge on any atom is 0.252 e. The molecule has 1 unspecified atom stereocenters. The number of pyridine rings is 1. The number of para-hydroxylation sites is 1. The molecule has 1 aliphatic rings. The van der Waals surface area contributed by atoms with E-state index in [1.54, 1.807) is 18.2 Å². The Hall–Kier alpha value is -2.89. The number of amides is 2. The van der Waals surface area contributed by atoms with Gasteiger partial charge in [-0.2, -0.15) is 0 Å². The summed E-state index contributed by atoms with van der Waals surface area (Å²) in [6.07, 6.45) is 7.33. The summed E-state index contributed by atoms with van der Waals surface area (Å²) < 4.78 is 5.40. The van der Waals surface area contributed by atoms with Gasteiger partial charge in [0.1, 0.15) is 5.75 Å². The Balaban J connectivity index is 1.79. The first-order valence-electron chi connectivity index (χ1n) is 10.1. The fraction of sp³-hybridized carbons (Fsp3) is 0.435. The van der Waals surface area contributed by atoms with Gasteiger partial charge in [-0.1, -0.05) is 37.5 Å². The Bertz CT molecular complexity index is 861. The standard InChI is InChI=1S/C23H29N3O3/c1-16(17-9-8-10-18(21(24)27)20(17)29-2)22(28)26-15-23(12-5-3-6-13-23)19-11-4-7-14-25-19/h4,7-11,14,16H,3,5-6,12-13,15H2,1-2H3,(H2,24,27)(H,26,28). The molecule has 2 amide bonds. The van der Waals surface area contributed by atoms with Gasteiger partial charge in [-0.15, -0.1) is 0 Å². The maximum atomic E-state index is 13.0. The van der Waals surface area contributed by atoms with Crippen molar-refractivity contribution >= 4 is 11.8 Å². The molecule has 2 aromatic rings. The summed E-state index contributed by atoms with van der Waals surface area (Å²) in [6.45, 7) is 2.36. The van der Waals surface area contributed by atoms with Gasteiger partial charge < -0.3 is 15.8 Å². The second kappa shape index (κ2) is 9.07. The van der Waals surface area contributed by atoms with Crippen LogP contribution in [0.5, 0.6) is 5.75 Å². The van der Waals surface area contributed by atoms with E-state index in [0.717, 1.165) is 31.4 Å². The molecule has 1 aliphatic carbocycles. The van der Waals surface area contributed by atoms with Gasteiger partial charge in [-0.3, -0.25) is 14.6 Å². The Morgan fingerprint density at radius 2 is 1.93 bits per heavy atom.